The lowest BCUT2D eigenvalue weighted by Crippen LogP contribution is -2.28. The highest BCUT2D eigenvalue weighted by molar-refractivity contribution is 7.99. The first-order valence-corrected chi connectivity index (χ1v) is 10.3. The van der Waals surface area contributed by atoms with E-state index in [-0.39, 0.29) is 17.7 Å². The van der Waals surface area contributed by atoms with Crippen molar-refractivity contribution in [3.63, 3.8) is 0 Å². The Morgan fingerprint density at radius 2 is 1.83 bits per heavy atom. The number of nitrogens with one attached hydrogen (secondary N) is 1. The molecule has 1 heterocycles. The van der Waals surface area contributed by atoms with E-state index < -0.39 is 0 Å². The number of benzene rings is 2. The molecule has 29 heavy (non-hydrogen) atoms. The molecule has 0 saturated carbocycles. The fourth-order valence-electron chi connectivity index (χ4n) is 2.76. The molecular weight excluding hydrogens is 388 g/mol. The van der Waals surface area contributed by atoms with Gasteiger partial charge in [0.1, 0.15) is 17.8 Å². The van der Waals surface area contributed by atoms with Gasteiger partial charge in [0.05, 0.1) is 25.5 Å². The molecule has 152 valence electrons. The molecule has 2 aromatic carbocycles. The highest BCUT2D eigenvalue weighted by Crippen LogP contribution is 2.22. The van der Waals surface area contributed by atoms with Gasteiger partial charge in [-0.25, -0.2) is 0 Å². The van der Waals surface area contributed by atoms with Gasteiger partial charge >= 0.3 is 0 Å². The van der Waals surface area contributed by atoms with Crippen LogP contribution in [-0.2, 0) is 4.79 Å². The maximum atomic E-state index is 12.4. The lowest BCUT2D eigenvalue weighted by atomic mass is 10.1. The number of carbonyl (C=O) groups is 1. The Hall–Kier alpha value is -3.00. The third-order valence-corrected chi connectivity index (χ3v) is 5.21. The molecule has 1 aromatic heterocycles. The predicted molar refractivity (Wildman–Crippen MR) is 113 cm³/mol. The molecular formula is C21H24N4O3S. The Balaban J connectivity index is 1.56. The number of methoxy groups -OCH3 is 1. The van der Waals surface area contributed by atoms with Crippen molar-refractivity contribution in [2.75, 3.05) is 19.5 Å². The summed E-state index contributed by atoms with van der Waals surface area (Å²) in [5.41, 5.74) is 1.93. The zero-order chi connectivity index (χ0) is 20.6. The number of ether oxygens (including phenoxy) is 2. The number of rotatable bonds is 9. The van der Waals surface area contributed by atoms with Gasteiger partial charge in [0.25, 0.3) is 0 Å². The molecule has 1 atom stereocenters. The third kappa shape index (κ3) is 5.51. The molecule has 0 aliphatic carbocycles. The van der Waals surface area contributed by atoms with E-state index in [9.17, 15) is 4.79 Å². The molecule has 0 fully saturated rings. The number of thioether (sulfide) groups is 1. The van der Waals surface area contributed by atoms with Crippen LogP contribution in [0.1, 0.15) is 25.5 Å². The van der Waals surface area contributed by atoms with Gasteiger partial charge in [0.15, 0.2) is 5.16 Å². The maximum absolute atomic E-state index is 12.4. The zero-order valence-electron chi connectivity index (χ0n) is 16.7. The van der Waals surface area contributed by atoms with Crippen molar-refractivity contribution < 1.29 is 14.3 Å². The fourth-order valence-corrected chi connectivity index (χ4v) is 3.50. The van der Waals surface area contributed by atoms with Crippen LogP contribution >= 0.6 is 11.8 Å². The van der Waals surface area contributed by atoms with Crippen molar-refractivity contribution >= 4 is 17.7 Å². The predicted octanol–water partition coefficient (Wildman–Crippen LogP) is 3.64. The number of hydrogen-bond donors (Lipinski definition) is 1. The maximum Gasteiger partial charge on any atom is 0.230 e. The van der Waals surface area contributed by atoms with E-state index in [1.165, 1.54) is 11.8 Å². The van der Waals surface area contributed by atoms with Crippen molar-refractivity contribution in [2.24, 2.45) is 0 Å². The molecule has 8 heteroatoms. The highest BCUT2D eigenvalue weighted by Gasteiger charge is 2.13. The fraction of sp³-hybridized carbons (Fsp3) is 0.286. The number of carbonyl (C=O) groups excluding carboxylic acids is 1. The molecule has 0 spiro atoms. The van der Waals surface area contributed by atoms with Gasteiger partial charge in [-0.1, -0.05) is 23.9 Å². The van der Waals surface area contributed by atoms with Gasteiger partial charge in [0.2, 0.25) is 5.91 Å². The first-order chi connectivity index (χ1) is 14.1. The minimum absolute atomic E-state index is 0.0688. The van der Waals surface area contributed by atoms with Crippen LogP contribution in [0, 0.1) is 0 Å². The van der Waals surface area contributed by atoms with E-state index in [1.54, 1.807) is 13.4 Å². The van der Waals surface area contributed by atoms with Gasteiger partial charge in [-0.15, -0.1) is 10.2 Å². The number of amides is 1. The van der Waals surface area contributed by atoms with Gasteiger partial charge in [-0.2, -0.15) is 0 Å². The van der Waals surface area contributed by atoms with Crippen molar-refractivity contribution in [1.29, 1.82) is 0 Å². The second-order valence-electron chi connectivity index (χ2n) is 6.26. The van der Waals surface area contributed by atoms with E-state index in [1.807, 2.05) is 66.9 Å². The molecule has 1 N–H and O–H groups in total. The van der Waals surface area contributed by atoms with Crippen LogP contribution in [0.3, 0.4) is 0 Å². The smallest absolute Gasteiger partial charge is 0.230 e. The number of hydrogen-bond acceptors (Lipinski definition) is 6. The van der Waals surface area contributed by atoms with Crippen LogP contribution in [0.25, 0.3) is 5.69 Å². The summed E-state index contributed by atoms with van der Waals surface area (Å²) in [7, 11) is 1.63. The Bertz CT molecular complexity index is 926. The third-order valence-electron chi connectivity index (χ3n) is 4.27. The van der Waals surface area contributed by atoms with Crippen LogP contribution < -0.4 is 14.8 Å². The van der Waals surface area contributed by atoms with Crippen molar-refractivity contribution in [3.8, 4) is 17.2 Å². The van der Waals surface area contributed by atoms with Gasteiger partial charge in [0, 0.05) is 5.69 Å². The Morgan fingerprint density at radius 1 is 1.14 bits per heavy atom. The van der Waals surface area contributed by atoms with Gasteiger partial charge in [-0.05, 0) is 55.8 Å². The van der Waals surface area contributed by atoms with Gasteiger partial charge < -0.3 is 14.8 Å². The minimum Gasteiger partial charge on any atom is -0.497 e. The van der Waals surface area contributed by atoms with Crippen molar-refractivity contribution in [2.45, 2.75) is 25.0 Å². The molecule has 7 nitrogen and oxygen atoms in total. The average Bonchev–Trinajstić information content (AvgIpc) is 3.21. The topological polar surface area (TPSA) is 78.3 Å². The average molecular weight is 413 g/mol. The van der Waals surface area contributed by atoms with Crippen LogP contribution in [0.5, 0.6) is 11.5 Å². The summed E-state index contributed by atoms with van der Waals surface area (Å²) in [6.45, 7) is 4.53. The molecule has 0 aliphatic rings. The van der Waals surface area contributed by atoms with Crippen molar-refractivity contribution in [3.05, 3.63) is 60.4 Å². The Labute approximate surface area is 174 Å². The van der Waals surface area contributed by atoms with Gasteiger partial charge in [-0.3, -0.25) is 9.36 Å². The molecule has 3 rings (SSSR count). The number of aromatic nitrogens is 3. The Kier molecular flexibility index (Phi) is 7.13. The summed E-state index contributed by atoms with van der Waals surface area (Å²) in [5.74, 6) is 1.78. The summed E-state index contributed by atoms with van der Waals surface area (Å²) >= 11 is 1.34. The first-order valence-electron chi connectivity index (χ1n) is 9.30. The zero-order valence-corrected chi connectivity index (χ0v) is 17.5. The van der Waals surface area contributed by atoms with Crippen molar-refractivity contribution in [1.82, 2.24) is 20.1 Å². The SMILES string of the molecule is CCOc1ccc([C@H](C)NC(=O)CSc2nncn2-c2ccc(OC)cc2)cc1. The molecule has 1 amide bonds. The first kappa shape index (κ1) is 20.7. The molecule has 0 aliphatic heterocycles. The van der Waals surface area contributed by atoms with Crippen LogP contribution in [-0.4, -0.2) is 40.1 Å². The second-order valence-corrected chi connectivity index (χ2v) is 7.20. The number of nitrogens with zero attached hydrogens (tertiary/aromatic N) is 3. The minimum atomic E-state index is -0.0989. The van der Waals surface area contributed by atoms with E-state index in [4.69, 9.17) is 9.47 Å². The molecule has 0 unspecified atom stereocenters. The monoisotopic (exact) mass is 412 g/mol. The second kappa shape index (κ2) is 9.97. The molecule has 0 radical (unpaired) electrons. The van der Waals surface area contributed by atoms with Crippen LogP contribution in [0.2, 0.25) is 0 Å². The van der Waals surface area contributed by atoms with E-state index >= 15 is 0 Å². The summed E-state index contributed by atoms with van der Waals surface area (Å²) in [5, 5.41) is 11.8. The quantitative estimate of drug-likeness (QED) is 0.541. The lowest BCUT2D eigenvalue weighted by molar-refractivity contribution is -0.119. The Morgan fingerprint density at radius 3 is 2.48 bits per heavy atom. The highest BCUT2D eigenvalue weighted by atomic mass is 32.2. The van der Waals surface area contributed by atoms with Crippen LogP contribution in [0.15, 0.2) is 60.0 Å². The summed E-state index contributed by atoms with van der Waals surface area (Å²) in [4.78, 5) is 12.4. The van der Waals surface area contributed by atoms with E-state index in [0.29, 0.717) is 11.8 Å². The summed E-state index contributed by atoms with van der Waals surface area (Å²) in [6, 6.07) is 15.2. The molecule has 0 bridgehead atoms. The lowest BCUT2D eigenvalue weighted by Gasteiger charge is -2.15. The normalized spacial score (nSPS) is 11.7. The summed E-state index contributed by atoms with van der Waals surface area (Å²) in [6.07, 6.45) is 1.63. The van der Waals surface area contributed by atoms with Crippen LogP contribution in [0.4, 0.5) is 0 Å². The standard InChI is InChI=1S/C21H24N4O3S/c1-4-28-19-9-5-16(6-10-19)15(2)23-20(26)13-29-21-24-22-14-25(21)17-7-11-18(27-3)12-8-17/h5-12,14-15H,4,13H2,1-3H3,(H,23,26)/t15-/m0/s1. The largest absolute Gasteiger partial charge is 0.497 e. The molecule has 0 saturated heterocycles. The van der Waals surface area contributed by atoms with E-state index in [0.717, 1.165) is 22.7 Å². The molecule has 3 aromatic rings. The summed E-state index contributed by atoms with van der Waals surface area (Å²) < 4.78 is 12.5. The van der Waals surface area contributed by atoms with E-state index in [2.05, 4.69) is 15.5 Å².